The average molecular weight is 267 g/mol. The molecule has 2 aliphatic rings. The fourth-order valence-electron chi connectivity index (χ4n) is 2.66. The molecule has 4 nitrogen and oxygen atoms in total. The summed E-state index contributed by atoms with van der Waals surface area (Å²) < 4.78 is 11.0. The van der Waals surface area contributed by atoms with E-state index < -0.39 is 0 Å². The van der Waals surface area contributed by atoms with E-state index >= 15 is 0 Å². The number of aryl methyl sites for hydroxylation is 1. The van der Waals surface area contributed by atoms with Gasteiger partial charge in [0.2, 0.25) is 0 Å². The van der Waals surface area contributed by atoms with E-state index in [0.717, 1.165) is 17.9 Å². The van der Waals surface area contributed by atoms with Crippen LogP contribution in [0.1, 0.15) is 21.0 Å². The molecule has 98 valence electrons. The van der Waals surface area contributed by atoms with Gasteiger partial charge in [0.05, 0.1) is 30.2 Å². The summed E-state index contributed by atoms with van der Waals surface area (Å²) >= 11 is 1.56. The molecule has 0 saturated carbocycles. The summed E-state index contributed by atoms with van der Waals surface area (Å²) in [5, 5.41) is 0. The quantitative estimate of drug-likeness (QED) is 0.777. The Hall–Kier alpha value is -0.910. The zero-order valence-corrected chi connectivity index (χ0v) is 11.3. The van der Waals surface area contributed by atoms with Crippen LogP contribution >= 0.6 is 11.3 Å². The minimum absolute atomic E-state index is 0.127. The zero-order valence-electron chi connectivity index (χ0n) is 10.5. The Morgan fingerprint density at radius 2 is 2.11 bits per heavy atom. The number of thiophene rings is 1. The minimum atomic E-state index is -0.229. The van der Waals surface area contributed by atoms with Gasteiger partial charge < -0.3 is 14.4 Å². The van der Waals surface area contributed by atoms with Gasteiger partial charge >= 0.3 is 0 Å². The molecule has 1 atom stereocenters. The van der Waals surface area contributed by atoms with Crippen LogP contribution in [-0.2, 0) is 9.47 Å². The highest BCUT2D eigenvalue weighted by Gasteiger charge is 2.45. The molecule has 1 spiro atoms. The Balaban J connectivity index is 1.86. The van der Waals surface area contributed by atoms with Gasteiger partial charge in [-0.15, -0.1) is 11.3 Å². The van der Waals surface area contributed by atoms with Crippen molar-refractivity contribution < 1.29 is 14.3 Å². The first-order chi connectivity index (χ1) is 8.71. The summed E-state index contributed by atoms with van der Waals surface area (Å²) in [5.74, 6) is 0.127. The van der Waals surface area contributed by atoms with Crippen molar-refractivity contribution in [1.82, 2.24) is 4.90 Å². The van der Waals surface area contributed by atoms with E-state index in [1.165, 1.54) is 4.88 Å². The highest BCUT2D eigenvalue weighted by Crippen LogP contribution is 2.31. The Morgan fingerprint density at radius 1 is 1.33 bits per heavy atom. The number of ether oxygens (including phenoxy) is 2. The Labute approximate surface area is 110 Å². The van der Waals surface area contributed by atoms with Gasteiger partial charge in [-0.2, -0.15) is 0 Å². The highest BCUT2D eigenvalue weighted by molar-refractivity contribution is 7.13. The predicted octanol–water partition coefficient (Wildman–Crippen LogP) is 1.69. The number of morpholine rings is 1. The topological polar surface area (TPSA) is 38.8 Å². The number of nitrogens with zero attached hydrogens (tertiary/aromatic N) is 1. The molecule has 1 amide bonds. The fourth-order valence-corrected chi connectivity index (χ4v) is 3.47. The first-order valence-electron chi connectivity index (χ1n) is 6.25. The normalized spacial score (nSPS) is 27.9. The molecule has 3 heterocycles. The summed E-state index contributed by atoms with van der Waals surface area (Å²) in [4.78, 5) is 16.6. The van der Waals surface area contributed by atoms with Crippen LogP contribution in [0.3, 0.4) is 0 Å². The van der Waals surface area contributed by atoms with E-state index in [4.69, 9.17) is 9.47 Å². The summed E-state index contributed by atoms with van der Waals surface area (Å²) in [6, 6.07) is 3.91. The van der Waals surface area contributed by atoms with Gasteiger partial charge in [0.15, 0.2) is 0 Å². The molecule has 1 aromatic rings. The second kappa shape index (κ2) is 4.64. The molecule has 2 fully saturated rings. The van der Waals surface area contributed by atoms with Crippen LogP contribution in [-0.4, -0.2) is 49.3 Å². The van der Waals surface area contributed by atoms with Crippen LogP contribution in [0.5, 0.6) is 0 Å². The van der Waals surface area contributed by atoms with Crippen molar-refractivity contribution in [3.8, 4) is 0 Å². The lowest BCUT2D eigenvalue weighted by molar-refractivity contribution is -0.0549. The van der Waals surface area contributed by atoms with Crippen LogP contribution in [0.15, 0.2) is 12.1 Å². The van der Waals surface area contributed by atoms with Gasteiger partial charge in [-0.25, -0.2) is 0 Å². The third-order valence-corrected chi connectivity index (χ3v) is 4.67. The second-order valence-corrected chi connectivity index (χ2v) is 6.23. The van der Waals surface area contributed by atoms with Crippen molar-refractivity contribution in [2.75, 3.05) is 33.0 Å². The van der Waals surface area contributed by atoms with Crippen molar-refractivity contribution in [3.05, 3.63) is 21.9 Å². The third kappa shape index (κ3) is 1.96. The SMILES string of the molecule is Cc1ccc(C(=O)N2CCOCC23CCOC3)s1. The fraction of sp³-hybridized carbons (Fsp3) is 0.615. The molecule has 0 radical (unpaired) electrons. The molecule has 1 unspecified atom stereocenters. The number of carbonyl (C=O) groups is 1. The summed E-state index contributed by atoms with van der Waals surface area (Å²) in [5.41, 5.74) is -0.229. The standard InChI is InChI=1S/C13H17NO3S/c1-10-2-3-11(18-10)12(15)14-5-7-17-9-13(14)4-6-16-8-13/h2-3H,4-9H2,1H3. The lowest BCUT2D eigenvalue weighted by Gasteiger charge is -2.43. The van der Waals surface area contributed by atoms with E-state index in [1.54, 1.807) is 11.3 Å². The van der Waals surface area contributed by atoms with Crippen molar-refractivity contribution in [3.63, 3.8) is 0 Å². The Morgan fingerprint density at radius 3 is 2.78 bits per heavy atom. The number of amides is 1. The highest BCUT2D eigenvalue weighted by atomic mass is 32.1. The third-order valence-electron chi connectivity index (χ3n) is 3.68. The smallest absolute Gasteiger partial charge is 0.264 e. The summed E-state index contributed by atoms with van der Waals surface area (Å²) in [6.07, 6.45) is 0.878. The molecule has 2 saturated heterocycles. The monoisotopic (exact) mass is 267 g/mol. The molecule has 5 heteroatoms. The first kappa shape index (κ1) is 12.1. The number of carbonyl (C=O) groups excluding carboxylic acids is 1. The summed E-state index contributed by atoms with van der Waals surface area (Å²) in [7, 11) is 0. The largest absolute Gasteiger partial charge is 0.379 e. The average Bonchev–Trinajstić information content (AvgIpc) is 2.99. The maximum atomic E-state index is 12.6. The van der Waals surface area contributed by atoms with Gasteiger partial charge in [-0.05, 0) is 25.5 Å². The second-order valence-electron chi connectivity index (χ2n) is 4.95. The molecule has 1 aromatic heterocycles. The van der Waals surface area contributed by atoms with Gasteiger partial charge in [0, 0.05) is 18.0 Å². The van der Waals surface area contributed by atoms with E-state index in [9.17, 15) is 4.79 Å². The molecule has 3 rings (SSSR count). The van der Waals surface area contributed by atoms with Crippen molar-refractivity contribution in [2.45, 2.75) is 18.9 Å². The van der Waals surface area contributed by atoms with Crippen molar-refractivity contribution >= 4 is 17.2 Å². The zero-order chi connectivity index (χ0) is 12.6. The Bertz CT molecular complexity index is 451. The van der Waals surface area contributed by atoms with Gasteiger partial charge in [0.1, 0.15) is 0 Å². The van der Waals surface area contributed by atoms with Crippen LogP contribution in [0, 0.1) is 6.92 Å². The molecule has 0 N–H and O–H groups in total. The maximum Gasteiger partial charge on any atom is 0.264 e. The van der Waals surface area contributed by atoms with E-state index in [1.807, 2.05) is 24.0 Å². The van der Waals surface area contributed by atoms with Gasteiger partial charge in [-0.3, -0.25) is 4.79 Å². The van der Waals surface area contributed by atoms with Crippen LogP contribution in [0.4, 0.5) is 0 Å². The van der Waals surface area contributed by atoms with E-state index in [-0.39, 0.29) is 11.4 Å². The number of hydrogen-bond donors (Lipinski definition) is 0. The predicted molar refractivity (Wildman–Crippen MR) is 69.1 cm³/mol. The van der Waals surface area contributed by atoms with E-state index in [2.05, 4.69) is 0 Å². The van der Waals surface area contributed by atoms with Gasteiger partial charge in [0.25, 0.3) is 5.91 Å². The van der Waals surface area contributed by atoms with Crippen molar-refractivity contribution in [2.24, 2.45) is 0 Å². The first-order valence-corrected chi connectivity index (χ1v) is 7.07. The molecule has 0 aliphatic carbocycles. The maximum absolute atomic E-state index is 12.6. The molecular weight excluding hydrogens is 250 g/mol. The number of rotatable bonds is 1. The van der Waals surface area contributed by atoms with Crippen LogP contribution in [0.2, 0.25) is 0 Å². The van der Waals surface area contributed by atoms with Gasteiger partial charge in [-0.1, -0.05) is 0 Å². The molecular formula is C13H17NO3S. The Kier molecular flexibility index (Phi) is 3.13. The van der Waals surface area contributed by atoms with Crippen LogP contribution in [0.25, 0.3) is 0 Å². The lowest BCUT2D eigenvalue weighted by Crippen LogP contribution is -2.59. The molecule has 18 heavy (non-hydrogen) atoms. The minimum Gasteiger partial charge on any atom is -0.379 e. The molecule has 0 bridgehead atoms. The molecule has 0 aromatic carbocycles. The van der Waals surface area contributed by atoms with Crippen molar-refractivity contribution in [1.29, 1.82) is 0 Å². The summed E-state index contributed by atoms with van der Waals surface area (Å²) in [6.45, 7) is 5.23. The van der Waals surface area contributed by atoms with E-state index in [0.29, 0.717) is 26.4 Å². The number of hydrogen-bond acceptors (Lipinski definition) is 4. The lowest BCUT2D eigenvalue weighted by atomic mass is 9.95. The van der Waals surface area contributed by atoms with Crippen LogP contribution < -0.4 is 0 Å². The molecule has 2 aliphatic heterocycles.